The van der Waals surface area contributed by atoms with Crippen LogP contribution >= 0.6 is 11.6 Å². The first-order valence-corrected chi connectivity index (χ1v) is 6.01. The molecule has 0 atom stereocenters. The van der Waals surface area contributed by atoms with Crippen LogP contribution in [0.15, 0.2) is 47.2 Å². The van der Waals surface area contributed by atoms with Crippen molar-refractivity contribution < 1.29 is 9.21 Å². The number of furan rings is 1. The van der Waals surface area contributed by atoms with Gasteiger partial charge in [0.25, 0.3) is 0 Å². The third kappa shape index (κ3) is 2.44. The molecule has 1 N–H and O–H groups in total. The zero-order valence-electron chi connectivity index (χ0n) is 9.76. The van der Waals surface area contributed by atoms with Crippen LogP contribution in [0, 0.1) is 0 Å². The summed E-state index contributed by atoms with van der Waals surface area (Å²) in [5.74, 6) is 0.677. The minimum absolute atomic E-state index is 0.219. The molecule has 94 valence electrons. The average molecular weight is 273 g/mol. The molecule has 0 aliphatic carbocycles. The molecule has 19 heavy (non-hydrogen) atoms. The molecule has 3 rings (SSSR count). The van der Waals surface area contributed by atoms with Crippen LogP contribution in [0.4, 0.5) is 0 Å². The Morgan fingerprint density at radius 1 is 1.37 bits per heavy atom. The van der Waals surface area contributed by atoms with Crippen molar-refractivity contribution in [3.63, 3.8) is 0 Å². The number of carbonyl (C=O) groups is 1. The number of imidazole rings is 1. The minimum atomic E-state index is -0.219. The summed E-state index contributed by atoms with van der Waals surface area (Å²) in [7, 11) is 0. The van der Waals surface area contributed by atoms with Crippen molar-refractivity contribution in [3.05, 3.63) is 59.3 Å². The Balaban J connectivity index is 1.89. The number of halogens is 1. The number of nitrogens with one attached hydrogen (secondary N) is 1. The molecule has 0 aliphatic rings. The van der Waals surface area contributed by atoms with Gasteiger partial charge in [-0.3, -0.25) is 4.79 Å². The van der Waals surface area contributed by atoms with E-state index in [2.05, 4.69) is 9.97 Å². The first-order valence-electron chi connectivity index (χ1n) is 5.63. The van der Waals surface area contributed by atoms with Gasteiger partial charge in [-0.05, 0) is 36.4 Å². The Hall–Kier alpha value is -2.33. The molecule has 0 amide bonds. The molecule has 2 heterocycles. The zero-order chi connectivity index (χ0) is 13.2. The maximum atomic E-state index is 11.9. The number of rotatable bonds is 3. The van der Waals surface area contributed by atoms with Crippen LogP contribution in [-0.4, -0.2) is 15.8 Å². The van der Waals surface area contributed by atoms with E-state index in [0.29, 0.717) is 16.4 Å². The molecule has 0 bridgehead atoms. The highest BCUT2D eigenvalue weighted by Gasteiger charge is 2.09. The predicted octanol–water partition coefficient (Wildman–Crippen LogP) is 3.71. The van der Waals surface area contributed by atoms with E-state index in [4.69, 9.17) is 16.0 Å². The van der Waals surface area contributed by atoms with E-state index in [1.54, 1.807) is 42.7 Å². The lowest BCUT2D eigenvalue weighted by Gasteiger charge is -1.88. The molecule has 0 fully saturated rings. The van der Waals surface area contributed by atoms with Crippen molar-refractivity contribution in [2.45, 2.75) is 0 Å². The van der Waals surface area contributed by atoms with Crippen molar-refractivity contribution in [1.82, 2.24) is 9.97 Å². The number of aromatic amines is 1. The molecular weight excluding hydrogens is 264 g/mol. The zero-order valence-corrected chi connectivity index (χ0v) is 10.5. The summed E-state index contributed by atoms with van der Waals surface area (Å²) in [4.78, 5) is 18.8. The number of aromatic nitrogens is 2. The molecule has 0 spiro atoms. The van der Waals surface area contributed by atoms with E-state index in [9.17, 15) is 4.79 Å². The van der Waals surface area contributed by atoms with Gasteiger partial charge in [-0.15, -0.1) is 0 Å². The number of ketones is 1. The van der Waals surface area contributed by atoms with E-state index < -0.39 is 0 Å². The largest absolute Gasteiger partial charge is 0.453 e. The van der Waals surface area contributed by atoms with Crippen LogP contribution in [0.1, 0.15) is 16.4 Å². The van der Waals surface area contributed by atoms with Crippen molar-refractivity contribution >= 4 is 34.4 Å². The second kappa shape index (κ2) is 4.74. The molecule has 3 aromatic rings. The van der Waals surface area contributed by atoms with E-state index in [1.165, 1.54) is 6.08 Å². The van der Waals surface area contributed by atoms with Crippen LogP contribution in [0.3, 0.4) is 0 Å². The summed E-state index contributed by atoms with van der Waals surface area (Å²) in [5.41, 5.74) is 0.638. The maximum absolute atomic E-state index is 11.9. The lowest BCUT2D eigenvalue weighted by Crippen LogP contribution is -1.90. The van der Waals surface area contributed by atoms with E-state index in [-0.39, 0.29) is 11.5 Å². The van der Waals surface area contributed by atoms with Crippen LogP contribution in [0.25, 0.3) is 17.0 Å². The maximum Gasteiger partial charge on any atom is 0.221 e. The molecule has 0 unspecified atom stereocenters. The van der Waals surface area contributed by atoms with Gasteiger partial charge in [0, 0.05) is 22.8 Å². The molecule has 0 aliphatic heterocycles. The molecule has 5 heteroatoms. The van der Waals surface area contributed by atoms with Crippen LogP contribution in [0.5, 0.6) is 0 Å². The molecule has 4 nitrogen and oxygen atoms in total. The highest BCUT2D eigenvalue weighted by atomic mass is 35.5. The quantitative estimate of drug-likeness (QED) is 0.584. The van der Waals surface area contributed by atoms with Gasteiger partial charge < -0.3 is 9.40 Å². The fourth-order valence-electron chi connectivity index (χ4n) is 1.74. The predicted molar refractivity (Wildman–Crippen MR) is 73.2 cm³/mol. The normalized spacial score (nSPS) is 11.4. The molecule has 0 saturated carbocycles. The molecule has 0 radical (unpaired) electrons. The summed E-state index contributed by atoms with van der Waals surface area (Å²) in [5, 5.41) is 1.42. The summed E-state index contributed by atoms with van der Waals surface area (Å²) >= 11 is 5.88. The lowest BCUT2D eigenvalue weighted by molar-refractivity contribution is 0.102. The highest BCUT2D eigenvalue weighted by molar-refractivity contribution is 6.31. The minimum Gasteiger partial charge on any atom is -0.453 e. The Morgan fingerprint density at radius 3 is 3.05 bits per heavy atom. The summed E-state index contributed by atoms with van der Waals surface area (Å²) in [6.07, 6.45) is 6.32. The SMILES string of the molecule is O=C(C=Cc1ncc[nH]1)c1cc2cc(Cl)ccc2o1. The number of nitrogens with zero attached hydrogens (tertiary/aromatic N) is 1. The Bertz CT molecular complexity index is 757. The average Bonchev–Trinajstić information content (AvgIpc) is 3.04. The van der Waals surface area contributed by atoms with Gasteiger partial charge in [-0.1, -0.05) is 11.6 Å². The van der Waals surface area contributed by atoms with Gasteiger partial charge in [0.15, 0.2) is 5.76 Å². The smallest absolute Gasteiger partial charge is 0.221 e. The number of fused-ring (bicyclic) bond motifs is 1. The van der Waals surface area contributed by atoms with Crippen LogP contribution in [-0.2, 0) is 0 Å². The number of H-pyrrole nitrogens is 1. The summed E-state index contributed by atoms with van der Waals surface area (Å²) < 4.78 is 5.46. The standard InChI is InChI=1S/C14H9ClN2O2/c15-10-1-3-12-9(7-10)8-13(19-12)11(18)2-4-14-16-5-6-17-14/h1-8H,(H,16,17). The topological polar surface area (TPSA) is 58.9 Å². The third-order valence-electron chi connectivity index (χ3n) is 2.63. The van der Waals surface area contributed by atoms with Gasteiger partial charge in [0.2, 0.25) is 5.78 Å². The number of hydrogen-bond donors (Lipinski definition) is 1. The molecular formula is C14H9ClN2O2. The van der Waals surface area contributed by atoms with Crippen molar-refractivity contribution in [3.8, 4) is 0 Å². The second-order valence-corrected chi connectivity index (χ2v) is 4.40. The second-order valence-electron chi connectivity index (χ2n) is 3.96. The highest BCUT2D eigenvalue weighted by Crippen LogP contribution is 2.23. The van der Waals surface area contributed by atoms with E-state index in [1.807, 2.05) is 0 Å². The number of benzene rings is 1. The van der Waals surface area contributed by atoms with Crippen molar-refractivity contribution in [2.75, 3.05) is 0 Å². The fraction of sp³-hybridized carbons (Fsp3) is 0. The third-order valence-corrected chi connectivity index (χ3v) is 2.87. The van der Waals surface area contributed by atoms with Gasteiger partial charge in [-0.25, -0.2) is 4.98 Å². The van der Waals surface area contributed by atoms with Gasteiger partial charge >= 0.3 is 0 Å². The Labute approximate surface area is 113 Å². The van der Waals surface area contributed by atoms with Gasteiger partial charge in [-0.2, -0.15) is 0 Å². The number of carbonyl (C=O) groups excluding carboxylic acids is 1. The van der Waals surface area contributed by atoms with Gasteiger partial charge in [0.1, 0.15) is 11.4 Å². The van der Waals surface area contributed by atoms with Gasteiger partial charge in [0.05, 0.1) is 0 Å². The van der Waals surface area contributed by atoms with E-state index in [0.717, 1.165) is 5.39 Å². The van der Waals surface area contributed by atoms with Crippen LogP contribution in [0.2, 0.25) is 5.02 Å². The fourth-order valence-corrected chi connectivity index (χ4v) is 1.92. The molecule has 0 saturated heterocycles. The Morgan fingerprint density at radius 2 is 2.26 bits per heavy atom. The van der Waals surface area contributed by atoms with E-state index >= 15 is 0 Å². The molecule has 1 aromatic carbocycles. The summed E-state index contributed by atoms with van der Waals surface area (Å²) in [6.45, 7) is 0. The van der Waals surface area contributed by atoms with Crippen molar-refractivity contribution in [1.29, 1.82) is 0 Å². The first-order chi connectivity index (χ1) is 9.22. The number of allylic oxidation sites excluding steroid dienone is 1. The monoisotopic (exact) mass is 272 g/mol. The number of hydrogen-bond acceptors (Lipinski definition) is 3. The van der Waals surface area contributed by atoms with Crippen molar-refractivity contribution in [2.24, 2.45) is 0 Å². The molecule has 2 aromatic heterocycles. The lowest BCUT2D eigenvalue weighted by atomic mass is 10.2. The van der Waals surface area contributed by atoms with Crippen LogP contribution < -0.4 is 0 Å². The summed E-state index contributed by atoms with van der Waals surface area (Å²) in [6, 6.07) is 6.90. The Kier molecular flexibility index (Phi) is 2.93. The first kappa shape index (κ1) is 11.7.